The third-order valence-electron chi connectivity index (χ3n) is 4.09. The summed E-state index contributed by atoms with van der Waals surface area (Å²) in [7, 11) is -3.26. The Balaban J connectivity index is 2.43. The van der Waals surface area contributed by atoms with Crippen LogP contribution in [0.2, 0.25) is 0 Å². The van der Waals surface area contributed by atoms with Crippen molar-refractivity contribution in [2.24, 2.45) is 0 Å². The standard InChI is InChI=1S/C17H22N2O4S2/c1-14(15-9-6-5-7-10-15)19(4)25(22,23)17-12-8-11-16(13-17)24(20,21)18(2)3/h5-14H,1-4H3/t14-/m1/s1. The normalized spacial score (nSPS) is 14.0. The minimum Gasteiger partial charge on any atom is -0.207 e. The molecule has 0 spiro atoms. The van der Waals surface area contributed by atoms with E-state index < -0.39 is 20.0 Å². The number of rotatable bonds is 6. The van der Waals surface area contributed by atoms with Gasteiger partial charge in [-0.2, -0.15) is 4.31 Å². The first kappa shape index (κ1) is 19.6. The molecule has 0 saturated carbocycles. The lowest BCUT2D eigenvalue weighted by molar-refractivity contribution is 0.398. The van der Waals surface area contributed by atoms with Gasteiger partial charge in [-0.15, -0.1) is 0 Å². The van der Waals surface area contributed by atoms with Crippen molar-refractivity contribution in [1.82, 2.24) is 8.61 Å². The first-order valence-electron chi connectivity index (χ1n) is 7.64. The fourth-order valence-corrected chi connectivity index (χ4v) is 4.74. The fraction of sp³-hybridized carbons (Fsp3) is 0.294. The van der Waals surface area contributed by atoms with Crippen molar-refractivity contribution >= 4 is 20.0 Å². The predicted octanol–water partition coefficient (Wildman–Crippen LogP) is 2.32. The Morgan fingerprint density at radius 3 is 1.80 bits per heavy atom. The van der Waals surface area contributed by atoms with Crippen molar-refractivity contribution in [1.29, 1.82) is 0 Å². The summed E-state index contributed by atoms with van der Waals surface area (Å²) in [4.78, 5) is -0.111. The maximum Gasteiger partial charge on any atom is 0.243 e. The van der Waals surface area contributed by atoms with Crippen LogP contribution >= 0.6 is 0 Å². The van der Waals surface area contributed by atoms with E-state index >= 15 is 0 Å². The molecule has 0 radical (unpaired) electrons. The van der Waals surface area contributed by atoms with Crippen LogP contribution < -0.4 is 0 Å². The molecule has 2 rings (SSSR count). The average Bonchev–Trinajstić information content (AvgIpc) is 2.61. The van der Waals surface area contributed by atoms with Crippen molar-refractivity contribution in [3.05, 3.63) is 60.2 Å². The molecule has 8 heteroatoms. The van der Waals surface area contributed by atoms with Crippen LogP contribution in [0, 0.1) is 0 Å². The van der Waals surface area contributed by atoms with Gasteiger partial charge in [0, 0.05) is 27.2 Å². The highest BCUT2D eigenvalue weighted by Gasteiger charge is 2.28. The van der Waals surface area contributed by atoms with Crippen LogP contribution in [0.5, 0.6) is 0 Å². The molecule has 0 aliphatic rings. The number of benzene rings is 2. The van der Waals surface area contributed by atoms with E-state index in [9.17, 15) is 16.8 Å². The summed E-state index contributed by atoms with van der Waals surface area (Å²) in [6, 6.07) is 14.3. The molecule has 0 saturated heterocycles. The molecule has 0 unspecified atom stereocenters. The van der Waals surface area contributed by atoms with Crippen LogP contribution in [0.1, 0.15) is 18.5 Å². The van der Waals surface area contributed by atoms with Gasteiger partial charge in [0.15, 0.2) is 0 Å². The molecule has 0 amide bonds. The van der Waals surface area contributed by atoms with Crippen molar-refractivity contribution < 1.29 is 16.8 Å². The molecule has 0 aliphatic carbocycles. The summed E-state index contributed by atoms with van der Waals surface area (Å²) in [5, 5.41) is 0. The van der Waals surface area contributed by atoms with Crippen LogP contribution in [-0.2, 0) is 20.0 Å². The number of nitrogens with zero attached hydrogens (tertiary/aromatic N) is 2. The van der Waals surface area contributed by atoms with Gasteiger partial charge in [-0.1, -0.05) is 36.4 Å². The molecule has 0 N–H and O–H groups in total. The van der Waals surface area contributed by atoms with E-state index in [1.807, 2.05) is 30.3 Å². The van der Waals surface area contributed by atoms with E-state index in [0.29, 0.717) is 0 Å². The molecule has 136 valence electrons. The molecule has 0 bridgehead atoms. The van der Waals surface area contributed by atoms with Crippen molar-refractivity contribution in [2.45, 2.75) is 22.8 Å². The second kappa shape index (κ2) is 7.25. The molecule has 1 atom stereocenters. The zero-order valence-corrected chi connectivity index (χ0v) is 16.3. The summed E-state index contributed by atoms with van der Waals surface area (Å²) in [6.45, 7) is 1.79. The van der Waals surface area contributed by atoms with Crippen LogP contribution in [-0.4, -0.2) is 46.6 Å². The van der Waals surface area contributed by atoms with Gasteiger partial charge in [0.25, 0.3) is 0 Å². The monoisotopic (exact) mass is 382 g/mol. The molecule has 0 fully saturated rings. The van der Waals surface area contributed by atoms with E-state index in [4.69, 9.17) is 0 Å². The second-order valence-electron chi connectivity index (χ2n) is 5.87. The van der Waals surface area contributed by atoms with E-state index in [-0.39, 0.29) is 15.8 Å². The summed E-state index contributed by atoms with van der Waals surface area (Å²) in [6.07, 6.45) is 0. The van der Waals surface area contributed by atoms with Gasteiger partial charge in [-0.05, 0) is 30.7 Å². The minimum absolute atomic E-state index is 0.0549. The summed E-state index contributed by atoms with van der Waals surface area (Å²) in [5.74, 6) is 0. The van der Waals surface area contributed by atoms with Crippen molar-refractivity contribution in [3.8, 4) is 0 Å². The molecule has 0 aromatic heterocycles. The summed E-state index contributed by atoms with van der Waals surface area (Å²) in [5.41, 5.74) is 0.852. The lowest BCUT2D eigenvalue weighted by Crippen LogP contribution is -2.30. The largest absolute Gasteiger partial charge is 0.243 e. The highest BCUT2D eigenvalue weighted by Crippen LogP contribution is 2.27. The highest BCUT2D eigenvalue weighted by atomic mass is 32.2. The van der Waals surface area contributed by atoms with Crippen LogP contribution in [0.15, 0.2) is 64.4 Å². The summed E-state index contributed by atoms with van der Waals surface area (Å²) < 4.78 is 52.6. The third kappa shape index (κ3) is 3.92. The third-order valence-corrected chi connectivity index (χ3v) is 7.82. The van der Waals surface area contributed by atoms with Gasteiger partial charge >= 0.3 is 0 Å². The maximum atomic E-state index is 12.9. The van der Waals surface area contributed by atoms with Gasteiger partial charge in [0.2, 0.25) is 20.0 Å². The minimum atomic E-state index is -3.84. The Labute approximate surface area is 149 Å². The topological polar surface area (TPSA) is 74.8 Å². The molecule has 25 heavy (non-hydrogen) atoms. The van der Waals surface area contributed by atoms with Crippen LogP contribution in [0.25, 0.3) is 0 Å². The quantitative estimate of drug-likeness (QED) is 0.768. The van der Waals surface area contributed by atoms with Gasteiger partial charge in [-0.3, -0.25) is 0 Å². The molecule has 0 heterocycles. The number of sulfonamides is 2. The van der Waals surface area contributed by atoms with Crippen LogP contribution in [0.4, 0.5) is 0 Å². The Hall–Kier alpha value is -1.74. The first-order valence-corrected chi connectivity index (χ1v) is 10.5. The van der Waals surface area contributed by atoms with Gasteiger partial charge in [0.1, 0.15) is 0 Å². The summed E-state index contributed by atoms with van der Waals surface area (Å²) >= 11 is 0. The van der Waals surface area contributed by atoms with E-state index in [0.717, 1.165) is 9.87 Å². The Morgan fingerprint density at radius 1 is 0.760 bits per heavy atom. The lowest BCUT2D eigenvalue weighted by atomic mass is 10.1. The molecular formula is C17H22N2O4S2. The fourth-order valence-electron chi connectivity index (χ4n) is 2.32. The molecule has 0 aliphatic heterocycles. The van der Waals surface area contributed by atoms with Crippen molar-refractivity contribution in [2.75, 3.05) is 21.1 Å². The zero-order chi connectivity index (χ0) is 18.8. The van der Waals surface area contributed by atoms with Crippen molar-refractivity contribution in [3.63, 3.8) is 0 Å². The first-order chi connectivity index (χ1) is 11.6. The number of hydrogen-bond donors (Lipinski definition) is 0. The SMILES string of the molecule is C[C@H](c1ccccc1)N(C)S(=O)(=O)c1cccc(S(=O)(=O)N(C)C)c1. The number of hydrogen-bond acceptors (Lipinski definition) is 4. The van der Waals surface area contributed by atoms with E-state index in [1.54, 1.807) is 6.92 Å². The lowest BCUT2D eigenvalue weighted by Gasteiger charge is -2.25. The van der Waals surface area contributed by atoms with Gasteiger partial charge < -0.3 is 0 Å². The smallest absolute Gasteiger partial charge is 0.207 e. The Kier molecular flexibility index (Phi) is 5.68. The van der Waals surface area contributed by atoms with Crippen LogP contribution in [0.3, 0.4) is 0 Å². The average molecular weight is 383 g/mol. The van der Waals surface area contributed by atoms with E-state index in [1.165, 1.54) is 49.7 Å². The Morgan fingerprint density at radius 2 is 1.28 bits per heavy atom. The Bertz CT molecular complexity index is 940. The second-order valence-corrected chi connectivity index (χ2v) is 10.0. The maximum absolute atomic E-state index is 12.9. The molecule has 6 nitrogen and oxygen atoms in total. The van der Waals surface area contributed by atoms with Gasteiger partial charge in [0.05, 0.1) is 9.79 Å². The molecule has 2 aromatic rings. The van der Waals surface area contributed by atoms with E-state index in [2.05, 4.69) is 0 Å². The molecular weight excluding hydrogens is 360 g/mol. The molecule has 2 aromatic carbocycles. The predicted molar refractivity (Wildman–Crippen MR) is 97.1 cm³/mol. The highest BCUT2D eigenvalue weighted by molar-refractivity contribution is 7.90. The zero-order valence-electron chi connectivity index (χ0n) is 14.6. The van der Waals surface area contributed by atoms with Gasteiger partial charge in [-0.25, -0.2) is 21.1 Å².